The largest absolute Gasteiger partial charge is 0.449 e. The SMILES string of the molecule is CCC(COC(=O)NCc1cccc(CC#N)c1)(COC(=O)NCc1cccc(CC#N)c1)COC(=O)NCc1cccc(CN=C=O)c1. The van der Waals surface area contributed by atoms with Crippen molar-refractivity contribution in [2.24, 2.45) is 10.4 Å². The van der Waals surface area contributed by atoms with E-state index in [9.17, 15) is 19.2 Å². The van der Waals surface area contributed by atoms with Gasteiger partial charge in [-0.15, -0.1) is 0 Å². The summed E-state index contributed by atoms with van der Waals surface area (Å²) >= 11 is 0. The van der Waals surface area contributed by atoms with Crippen LogP contribution >= 0.6 is 0 Å². The summed E-state index contributed by atoms with van der Waals surface area (Å²) in [6.45, 7) is 1.71. The summed E-state index contributed by atoms with van der Waals surface area (Å²) in [6, 6.07) is 25.8. The molecule has 0 unspecified atom stereocenters. The minimum absolute atomic E-state index is 0.138. The highest BCUT2D eigenvalue weighted by molar-refractivity contribution is 5.68. The Hall–Kier alpha value is -6.17. The number of aliphatic imine (C=N–C) groups is 1. The van der Waals surface area contributed by atoms with Gasteiger partial charge in [0, 0.05) is 19.6 Å². The molecule has 0 saturated heterocycles. The summed E-state index contributed by atoms with van der Waals surface area (Å²) in [4.78, 5) is 52.0. The Balaban J connectivity index is 1.61. The number of carbonyl (C=O) groups is 3. The number of nitrogens with zero attached hydrogens (tertiary/aromatic N) is 3. The lowest BCUT2D eigenvalue weighted by molar-refractivity contribution is -0.0177. The van der Waals surface area contributed by atoms with E-state index in [1.807, 2.05) is 36.4 Å². The molecule has 3 rings (SSSR count). The van der Waals surface area contributed by atoms with Crippen LogP contribution < -0.4 is 16.0 Å². The van der Waals surface area contributed by atoms with Gasteiger partial charge in [0.1, 0.15) is 19.8 Å². The summed E-state index contributed by atoms with van der Waals surface area (Å²) in [6.07, 6.45) is 0.100. The van der Waals surface area contributed by atoms with Crippen LogP contribution in [0.2, 0.25) is 0 Å². The maximum atomic E-state index is 12.7. The molecular formula is C36H38N6O7. The van der Waals surface area contributed by atoms with E-state index in [2.05, 4.69) is 33.1 Å². The Morgan fingerprint density at radius 2 is 1.02 bits per heavy atom. The van der Waals surface area contributed by atoms with E-state index in [1.54, 1.807) is 43.3 Å². The van der Waals surface area contributed by atoms with Gasteiger partial charge in [0.2, 0.25) is 6.08 Å². The van der Waals surface area contributed by atoms with Gasteiger partial charge in [-0.2, -0.15) is 10.5 Å². The maximum Gasteiger partial charge on any atom is 0.407 e. The molecule has 0 aliphatic heterocycles. The van der Waals surface area contributed by atoms with Crippen LogP contribution in [0.5, 0.6) is 0 Å². The number of hydrogen-bond donors (Lipinski definition) is 3. The molecule has 0 heterocycles. The van der Waals surface area contributed by atoms with E-state index in [0.717, 1.165) is 33.4 Å². The van der Waals surface area contributed by atoms with E-state index >= 15 is 0 Å². The highest BCUT2D eigenvalue weighted by Gasteiger charge is 2.34. The van der Waals surface area contributed by atoms with Crippen molar-refractivity contribution < 1.29 is 33.4 Å². The number of benzene rings is 3. The van der Waals surface area contributed by atoms with Crippen LogP contribution in [0.1, 0.15) is 46.7 Å². The second-order valence-electron chi connectivity index (χ2n) is 11.2. The van der Waals surface area contributed by atoms with E-state index in [4.69, 9.17) is 24.7 Å². The van der Waals surface area contributed by atoms with Gasteiger partial charge in [0.15, 0.2) is 0 Å². The van der Waals surface area contributed by atoms with Crippen molar-refractivity contribution in [3.05, 3.63) is 106 Å². The summed E-state index contributed by atoms with van der Waals surface area (Å²) in [5.74, 6) is 0. The number of rotatable bonds is 17. The molecule has 0 aromatic heterocycles. The minimum Gasteiger partial charge on any atom is -0.449 e. The summed E-state index contributed by atoms with van der Waals surface area (Å²) in [7, 11) is 0. The first-order valence-electron chi connectivity index (χ1n) is 15.5. The van der Waals surface area contributed by atoms with Gasteiger partial charge in [0.05, 0.1) is 36.9 Å². The van der Waals surface area contributed by atoms with Crippen LogP contribution in [0.25, 0.3) is 0 Å². The topological polar surface area (TPSA) is 192 Å². The summed E-state index contributed by atoms with van der Waals surface area (Å²) in [5, 5.41) is 25.9. The van der Waals surface area contributed by atoms with E-state index < -0.39 is 23.7 Å². The van der Waals surface area contributed by atoms with Gasteiger partial charge < -0.3 is 30.2 Å². The summed E-state index contributed by atoms with van der Waals surface area (Å²) < 4.78 is 16.5. The average molecular weight is 667 g/mol. The molecule has 0 bridgehead atoms. The van der Waals surface area contributed by atoms with Crippen LogP contribution in [-0.2, 0) is 58.0 Å². The van der Waals surface area contributed by atoms with Gasteiger partial charge in [-0.1, -0.05) is 79.7 Å². The molecule has 254 valence electrons. The Morgan fingerprint density at radius 1 is 0.653 bits per heavy atom. The first-order chi connectivity index (χ1) is 23.8. The van der Waals surface area contributed by atoms with Crippen LogP contribution in [0, 0.1) is 28.1 Å². The normalized spacial score (nSPS) is 10.3. The Labute approximate surface area is 284 Å². The lowest BCUT2D eigenvalue weighted by Crippen LogP contribution is -2.42. The lowest BCUT2D eigenvalue weighted by Gasteiger charge is -2.31. The number of carbonyl (C=O) groups excluding carboxylic acids is 4. The van der Waals surface area contributed by atoms with Gasteiger partial charge in [-0.05, 0) is 39.8 Å². The molecule has 13 nitrogen and oxygen atoms in total. The molecule has 0 fully saturated rings. The Kier molecular flexibility index (Phi) is 15.3. The molecule has 0 aliphatic rings. The zero-order chi connectivity index (χ0) is 35.3. The fraction of sp³-hybridized carbons (Fsp3) is 0.333. The van der Waals surface area contributed by atoms with Crippen molar-refractivity contribution in [2.45, 2.75) is 52.4 Å². The molecule has 49 heavy (non-hydrogen) atoms. The van der Waals surface area contributed by atoms with Gasteiger partial charge >= 0.3 is 18.3 Å². The number of isocyanates is 1. The van der Waals surface area contributed by atoms with E-state index in [-0.39, 0.29) is 58.8 Å². The Morgan fingerprint density at radius 3 is 1.39 bits per heavy atom. The fourth-order valence-electron chi connectivity index (χ4n) is 4.61. The van der Waals surface area contributed by atoms with Crippen molar-refractivity contribution >= 4 is 24.4 Å². The molecule has 0 atom stereocenters. The molecule has 13 heteroatoms. The van der Waals surface area contributed by atoms with E-state index in [0.29, 0.717) is 6.42 Å². The summed E-state index contributed by atoms with van der Waals surface area (Å²) in [5.41, 5.74) is 3.66. The molecular weight excluding hydrogens is 628 g/mol. The highest BCUT2D eigenvalue weighted by atomic mass is 16.6. The Bertz CT molecular complexity index is 1630. The third-order valence-corrected chi connectivity index (χ3v) is 7.46. The third-order valence-electron chi connectivity index (χ3n) is 7.46. The number of ether oxygens (including phenoxy) is 3. The molecule has 0 aliphatic carbocycles. The molecule has 3 aromatic carbocycles. The molecule has 3 amide bonds. The predicted octanol–water partition coefficient (Wildman–Crippen LogP) is 5.13. The van der Waals surface area contributed by atoms with E-state index in [1.165, 1.54) is 6.08 Å². The van der Waals surface area contributed by atoms with Crippen molar-refractivity contribution in [1.29, 1.82) is 10.5 Å². The molecule has 3 N–H and O–H groups in total. The van der Waals surface area contributed by atoms with Crippen LogP contribution in [0.15, 0.2) is 77.8 Å². The van der Waals surface area contributed by atoms with Crippen LogP contribution in [0.3, 0.4) is 0 Å². The average Bonchev–Trinajstić information content (AvgIpc) is 3.12. The smallest absolute Gasteiger partial charge is 0.407 e. The second kappa shape index (κ2) is 20.1. The van der Waals surface area contributed by atoms with Crippen molar-refractivity contribution in [2.75, 3.05) is 19.8 Å². The molecule has 3 aromatic rings. The standard InChI is InChI=1S/C36H38N6O7/c1-2-36(23-47-33(44)40-20-30-9-3-6-27(16-30)12-14-37,24-48-34(45)41-21-31-10-4-7-28(17-31)13-15-38)25-49-35(46)42-22-32-11-5-8-29(18-32)19-39-26-43/h3-11,16-18H,2,12-13,19-25H2,1H3,(H,40,44)(H,41,45)(H,42,46). The first-order valence-corrected chi connectivity index (χ1v) is 15.5. The molecule has 0 saturated carbocycles. The monoisotopic (exact) mass is 666 g/mol. The predicted molar refractivity (Wildman–Crippen MR) is 177 cm³/mol. The van der Waals surface area contributed by atoms with Crippen molar-refractivity contribution in [3.63, 3.8) is 0 Å². The molecule has 0 radical (unpaired) electrons. The zero-order valence-corrected chi connectivity index (χ0v) is 27.2. The first kappa shape index (κ1) is 37.3. The van der Waals surface area contributed by atoms with Crippen LogP contribution in [0.4, 0.5) is 14.4 Å². The fourth-order valence-corrected chi connectivity index (χ4v) is 4.61. The highest BCUT2D eigenvalue weighted by Crippen LogP contribution is 2.24. The minimum atomic E-state index is -1.09. The molecule has 0 spiro atoms. The number of hydrogen-bond acceptors (Lipinski definition) is 10. The zero-order valence-electron chi connectivity index (χ0n) is 27.2. The van der Waals surface area contributed by atoms with Crippen LogP contribution in [-0.4, -0.2) is 44.2 Å². The second-order valence-corrected chi connectivity index (χ2v) is 11.2. The van der Waals surface area contributed by atoms with Crippen molar-refractivity contribution in [1.82, 2.24) is 16.0 Å². The number of nitrogens with one attached hydrogen (secondary N) is 3. The van der Waals surface area contributed by atoms with Gasteiger partial charge in [0.25, 0.3) is 0 Å². The van der Waals surface area contributed by atoms with Crippen molar-refractivity contribution in [3.8, 4) is 12.1 Å². The maximum absolute atomic E-state index is 12.7. The quantitative estimate of drug-likeness (QED) is 0.0995. The number of alkyl carbamates (subject to hydrolysis) is 3. The lowest BCUT2D eigenvalue weighted by atomic mass is 9.88. The van der Waals surface area contributed by atoms with Gasteiger partial charge in [-0.3, -0.25) is 0 Å². The number of nitriles is 2. The third kappa shape index (κ3) is 13.6. The van der Waals surface area contributed by atoms with Gasteiger partial charge in [-0.25, -0.2) is 24.2 Å². The number of amides is 3.